The number of aromatic nitrogens is 2. The fourth-order valence-electron chi connectivity index (χ4n) is 4.14. The van der Waals surface area contributed by atoms with E-state index in [4.69, 9.17) is 10.1 Å². The highest BCUT2D eigenvalue weighted by Crippen LogP contribution is 2.64. The molecule has 124 valence electrons. The Kier molecular flexibility index (Phi) is 3.52. The molecular formula is C19H22N4O. The molecule has 0 saturated heterocycles. The lowest BCUT2D eigenvalue weighted by Crippen LogP contribution is -2.18. The van der Waals surface area contributed by atoms with Crippen LogP contribution in [0.3, 0.4) is 0 Å². The standard InChI is InChI=1S/C19H22N4O/c1-10(20)17(11(2)21-3)12-4-5-16-13(6-12)18-14(8-24-16)19(18)15-7-22-9-23-15/h4-7,9,14,17-20H,8H2,1-3H3,(H,22,23). The van der Waals surface area contributed by atoms with Crippen LogP contribution in [0.5, 0.6) is 5.75 Å². The molecule has 1 fully saturated rings. The average molecular weight is 322 g/mol. The van der Waals surface area contributed by atoms with Crippen LogP contribution in [0.1, 0.15) is 48.4 Å². The molecule has 1 aliphatic carbocycles. The van der Waals surface area contributed by atoms with E-state index in [9.17, 15) is 0 Å². The van der Waals surface area contributed by atoms with Gasteiger partial charge in [0.2, 0.25) is 0 Å². The normalized spacial score (nSPS) is 26.1. The number of imidazole rings is 1. The van der Waals surface area contributed by atoms with Crippen LogP contribution in [0, 0.1) is 11.3 Å². The highest BCUT2D eigenvalue weighted by atomic mass is 16.5. The molecule has 0 bridgehead atoms. The molecule has 24 heavy (non-hydrogen) atoms. The molecule has 4 rings (SSSR count). The average Bonchev–Trinajstić information content (AvgIpc) is 3.07. The van der Waals surface area contributed by atoms with Gasteiger partial charge < -0.3 is 15.1 Å². The molecule has 1 aromatic carbocycles. The third-order valence-electron chi connectivity index (χ3n) is 5.41. The van der Waals surface area contributed by atoms with E-state index in [0.717, 1.165) is 23.6 Å². The summed E-state index contributed by atoms with van der Waals surface area (Å²) < 4.78 is 5.97. The van der Waals surface area contributed by atoms with Gasteiger partial charge in [0.05, 0.1) is 18.9 Å². The summed E-state index contributed by atoms with van der Waals surface area (Å²) in [4.78, 5) is 11.7. The Morgan fingerprint density at radius 1 is 1.38 bits per heavy atom. The van der Waals surface area contributed by atoms with E-state index in [0.29, 0.717) is 23.5 Å². The molecule has 4 unspecified atom stereocenters. The first-order chi connectivity index (χ1) is 11.6. The summed E-state index contributed by atoms with van der Waals surface area (Å²) in [6.45, 7) is 4.61. The van der Waals surface area contributed by atoms with Crippen LogP contribution in [-0.4, -0.2) is 35.0 Å². The molecule has 2 N–H and O–H groups in total. The van der Waals surface area contributed by atoms with Crippen LogP contribution in [0.25, 0.3) is 0 Å². The van der Waals surface area contributed by atoms with Gasteiger partial charge in [-0.15, -0.1) is 0 Å². The van der Waals surface area contributed by atoms with Gasteiger partial charge in [-0.25, -0.2) is 4.98 Å². The van der Waals surface area contributed by atoms with E-state index in [-0.39, 0.29) is 5.92 Å². The molecule has 0 radical (unpaired) electrons. The third kappa shape index (κ3) is 2.27. The van der Waals surface area contributed by atoms with E-state index in [1.54, 1.807) is 13.4 Å². The Labute approximate surface area is 141 Å². The van der Waals surface area contributed by atoms with Crippen LogP contribution in [0.15, 0.2) is 35.7 Å². The lowest BCUT2D eigenvalue weighted by molar-refractivity contribution is 0.277. The Bertz CT molecular complexity index is 809. The van der Waals surface area contributed by atoms with Crippen molar-refractivity contribution in [1.82, 2.24) is 9.97 Å². The summed E-state index contributed by atoms with van der Waals surface area (Å²) in [6, 6.07) is 6.35. The summed E-state index contributed by atoms with van der Waals surface area (Å²) >= 11 is 0. The molecule has 0 spiro atoms. The SMILES string of the molecule is CN=C(C)C(C(C)=N)c1ccc2c(c1)C1C(CO2)C1c1cnc[nH]1. The number of aromatic amines is 1. The minimum Gasteiger partial charge on any atom is -0.493 e. The van der Waals surface area contributed by atoms with Gasteiger partial charge in [0, 0.05) is 48.1 Å². The molecular weight excluding hydrogens is 300 g/mol. The van der Waals surface area contributed by atoms with Crippen molar-refractivity contribution in [2.75, 3.05) is 13.7 Å². The molecule has 5 nitrogen and oxygen atoms in total. The van der Waals surface area contributed by atoms with Gasteiger partial charge in [-0.05, 0) is 31.0 Å². The van der Waals surface area contributed by atoms with E-state index in [2.05, 4.69) is 33.2 Å². The van der Waals surface area contributed by atoms with Gasteiger partial charge in [-0.2, -0.15) is 0 Å². The first kappa shape index (κ1) is 15.1. The number of ether oxygens (including phenoxy) is 1. The maximum absolute atomic E-state index is 8.15. The zero-order valence-corrected chi connectivity index (χ0v) is 14.2. The first-order valence-corrected chi connectivity index (χ1v) is 8.35. The van der Waals surface area contributed by atoms with Gasteiger partial charge in [-0.1, -0.05) is 12.1 Å². The van der Waals surface area contributed by atoms with Gasteiger partial charge in [0.15, 0.2) is 0 Å². The predicted molar refractivity (Wildman–Crippen MR) is 94.7 cm³/mol. The molecule has 5 heteroatoms. The van der Waals surface area contributed by atoms with Crippen molar-refractivity contribution in [2.45, 2.75) is 31.6 Å². The number of aliphatic imine (C=N–C) groups is 1. The number of H-pyrrole nitrogens is 1. The minimum absolute atomic E-state index is 0.0509. The quantitative estimate of drug-likeness (QED) is 0.845. The fraction of sp³-hybridized carbons (Fsp3) is 0.421. The molecule has 0 amide bonds. The highest BCUT2D eigenvalue weighted by molar-refractivity contribution is 6.09. The van der Waals surface area contributed by atoms with Crippen molar-refractivity contribution in [2.24, 2.45) is 10.9 Å². The summed E-state index contributed by atoms with van der Waals surface area (Å²) in [6.07, 6.45) is 3.66. The van der Waals surface area contributed by atoms with E-state index < -0.39 is 0 Å². The summed E-state index contributed by atoms with van der Waals surface area (Å²) in [5.41, 5.74) is 5.17. The van der Waals surface area contributed by atoms with Crippen LogP contribution in [0.4, 0.5) is 0 Å². The maximum Gasteiger partial charge on any atom is 0.122 e. The summed E-state index contributed by atoms with van der Waals surface area (Å²) in [5, 5.41) is 8.15. The van der Waals surface area contributed by atoms with Crippen molar-refractivity contribution in [3.05, 3.63) is 47.5 Å². The lowest BCUT2D eigenvalue weighted by atomic mass is 9.88. The number of hydrogen-bond acceptors (Lipinski definition) is 4. The van der Waals surface area contributed by atoms with Crippen molar-refractivity contribution >= 4 is 11.4 Å². The smallest absolute Gasteiger partial charge is 0.122 e. The van der Waals surface area contributed by atoms with E-state index in [1.807, 2.05) is 20.0 Å². The summed E-state index contributed by atoms with van der Waals surface area (Å²) in [7, 11) is 1.79. The molecule has 2 heterocycles. The zero-order valence-electron chi connectivity index (χ0n) is 14.2. The Morgan fingerprint density at radius 3 is 2.88 bits per heavy atom. The lowest BCUT2D eigenvalue weighted by Gasteiger charge is -2.21. The zero-order chi connectivity index (χ0) is 16.8. The monoisotopic (exact) mass is 322 g/mol. The second-order valence-corrected chi connectivity index (χ2v) is 6.81. The van der Waals surface area contributed by atoms with Crippen LogP contribution in [-0.2, 0) is 0 Å². The van der Waals surface area contributed by atoms with Gasteiger partial charge in [0.1, 0.15) is 5.75 Å². The Hall–Kier alpha value is -2.43. The van der Waals surface area contributed by atoms with Crippen molar-refractivity contribution in [3.8, 4) is 5.75 Å². The Balaban J connectivity index is 1.72. The van der Waals surface area contributed by atoms with E-state index >= 15 is 0 Å². The summed E-state index contributed by atoms with van der Waals surface area (Å²) in [5.74, 6) is 2.40. The highest BCUT2D eigenvalue weighted by Gasteiger charge is 2.56. The largest absolute Gasteiger partial charge is 0.493 e. The topological polar surface area (TPSA) is 74.1 Å². The van der Waals surface area contributed by atoms with Crippen molar-refractivity contribution in [3.63, 3.8) is 0 Å². The number of nitrogens with one attached hydrogen (secondary N) is 2. The molecule has 2 aromatic rings. The van der Waals surface area contributed by atoms with E-state index in [1.165, 1.54) is 11.3 Å². The van der Waals surface area contributed by atoms with Gasteiger partial charge in [-0.3, -0.25) is 4.99 Å². The Morgan fingerprint density at radius 2 is 2.21 bits per heavy atom. The number of benzene rings is 1. The molecule has 1 aliphatic heterocycles. The fourth-order valence-corrected chi connectivity index (χ4v) is 4.14. The minimum atomic E-state index is -0.0509. The molecule has 2 aliphatic rings. The number of rotatable bonds is 4. The molecule has 1 saturated carbocycles. The van der Waals surface area contributed by atoms with Crippen LogP contribution >= 0.6 is 0 Å². The van der Waals surface area contributed by atoms with Crippen molar-refractivity contribution in [1.29, 1.82) is 5.41 Å². The number of fused-ring (bicyclic) bond motifs is 3. The molecule has 1 aromatic heterocycles. The molecule has 4 atom stereocenters. The third-order valence-corrected chi connectivity index (χ3v) is 5.41. The van der Waals surface area contributed by atoms with Crippen LogP contribution < -0.4 is 4.74 Å². The van der Waals surface area contributed by atoms with Crippen LogP contribution in [0.2, 0.25) is 0 Å². The van der Waals surface area contributed by atoms with Gasteiger partial charge >= 0.3 is 0 Å². The predicted octanol–water partition coefficient (Wildman–Crippen LogP) is 3.51. The van der Waals surface area contributed by atoms with Gasteiger partial charge in [0.25, 0.3) is 0 Å². The maximum atomic E-state index is 8.15. The number of nitrogens with zero attached hydrogens (tertiary/aromatic N) is 2. The van der Waals surface area contributed by atoms with Crippen molar-refractivity contribution < 1.29 is 4.74 Å². The second-order valence-electron chi connectivity index (χ2n) is 6.81. The second kappa shape index (κ2) is 5.58. The number of hydrogen-bond donors (Lipinski definition) is 2. The first-order valence-electron chi connectivity index (χ1n) is 8.35.